The third kappa shape index (κ3) is 4.91. The van der Waals surface area contributed by atoms with Crippen LogP contribution in [0, 0.1) is 11.2 Å². The number of aromatic nitrogens is 1. The Morgan fingerprint density at radius 1 is 1.20 bits per heavy atom. The van der Waals surface area contributed by atoms with Gasteiger partial charge in [-0.25, -0.2) is 22.1 Å². The van der Waals surface area contributed by atoms with Gasteiger partial charge in [-0.1, -0.05) is 11.6 Å². The number of methoxy groups -OCH3 is 2. The second kappa shape index (κ2) is 10.3. The van der Waals surface area contributed by atoms with Crippen LogP contribution in [0.2, 0.25) is 5.02 Å². The molecule has 3 aromatic rings. The Balaban J connectivity index is 1.28. The first-order chi connectivity index (χ1) is 19.2. The van der Waals surface area contributed by atoms with Gasteiger partial charge in [-0.15, -0.1) is 11.3 Å². The fraction of sp³-hybridized carbons (Fsp3) is 0.464. The van der Waals surface area contributed by atoms with Crippen LogP contribution in [-0.2, 0) is 16.6 Å². The van der Waals surface area contributed by atoms with Crippen LogP contribution in [-0.4, -0.2) is 57.7 Å². The summed E-state index contributed by atoms with van der Waals surface area (Å²) in [5.41, 5.74) is 1.48. The molecule has 1 unspecified atom stereocenters. The number of sulfonamides is 1. The molecule has 12 heteroatoms. The SMILES string of the molecule is COc1ccc(CN(c2nccs2)S(=O)(=O)c2cc(Cl)c(NCC34CCCN3CC3(CC3)C4)cc2F)c(OC)c1. The van der Waals surface area contributed by atoms with Gasteiger partial charge in [0.15, 0.2) is 5.13 Å². The highest BCUT2D eigenvalue weighted by molar-refractivity contribution is 7.93. The van der Waals surface area contributed by atoms with Crippen LogP contribution in [0.3, 0.4) is 0 Å². The van der Waals surface area contributed by atoms with Crippen molar-refractivity contribution in [2.45, 2.75) is 49.1 Å². The lowest BCUT2D eigenvalue weighted by atomic mass is 9.88. The zero-order valence-electron chi connectivity index (χ0n) is 22.5. The fourth-order valence-electron chi connectivity index (χ4n) is 6.35. The average Bonchev–Trinajstić information content (AvgIpc) is 3.23. The Morgan fingerprint density at radius 2 is 2.02 bits per heavy atom. The van der Waals surface area contributed by atoms with Gasteiger partial charge in [0.25, 0.3) is 10.0 Å². The van der Waals surface area contributed by atoms with Gasteiger partial charge in [0.2, 0.25) is 0 Å². The highest BCUT2D eigenvalue weighted by Gasteiger charge is 2.59. The molecule has 214 valence electrons. The maximum Gasteiger partial charge on any atom is 0.269 e. The largest absolute Gasteiger partial charge is 0.497 e. The summed E-state index contributed by atoms with van der Waals surface area (Å²) in [7, 11) is -1.36. The monoisotopic (exact) mass is 606 g/mol. The molecular formula is C28H32ClFN4O4S2. The summed E-state index contributed by atoms with van der Waals surface area (Å²) in [6, 6.07) is 7.48. The quantitative estimate of drug-likeness (QED) is 0.313. The van der Waals surface area contributed by atoms with Crippen molar-refractivity contribution in [3.63, 3.8) is 0 Å². The number of benzene rings is 2. The van der Waals surface area contributed by atoms with Gasteiger partial charge in [0.1, 0.15) is 22.2 Å². The molecule has 0 radical (unpaired) electrons. The molecule has 1 spiro atoms. The number of hydrogen-bond acceptors (Lipinski definition) is 8. The molecule has 1 aliphatic carbocycles. The van der Waals surface area contributed by atoms with E-state index in [9.17, 15) is 8.42 Å². The minimum Gasteiger partial charge on any atom is -0.497 e. The Bertz CT molecular complexity index is 1520. The molecule has 2 aliphatic heterocycles. The normalized spacial score (nSPS) is 21.4. The maximum absolute atomic E-state index is 15.6. The molecule has 0 bridgehead atoms. The van der Waals surface area contributed by atoms with Crippen molar-refractivity contribution in [1.29, 1.82) is 0 Å². The molecule has 2 aromatic carbocycles. The first-order valence-electron chi connectivity index (χ1n) is 13.3. The molecule has 3 aliphatic rings. The van der Waals surface area contributed by atoms with E-state index in [1.165, 1.54) is 45.4 Å². The van der Waals surface area contributed by atoms with Crippen molar-refractivity contribution in [3.05, 3.63) is 58.3 Å². The standard InChI is InChI=1S/C28H32ClFN4O4S2/c1-37-20-5-4-19(24(12-20)38-2)15-34(26-31-9-11-39-26)40(35,36)25-13-21(29)23(14-22(25)30)32-17-28-6-3-10-33(28)18-27(16-28)7-8-27/h4-5,9,11-14,32H,3,6-8,10,15-18H2,1-2H3. The third-order valence-electron chi connectivity index (χ3n) is 8.57. The molecule has 1 saturated carbocycles. The number of ether oxygens (including phenoxy) is 2. The zero-order valence-corrected chi connectivity index (χ0v) is 24.8. The van der Waals surface area contributed by atoms with E-state index >= 15 is 4.39 Å². The summed E-state index contributed by atoms with van der Waals surface area (Å²) < 4.78 is 55.3. The minimum atomic E-state index is -4.39. The van der Waals surface area contributed by atoms with Crippen molar-refractivity contribution < 1.29 is 22.3 Å². The number of hydrogen-bond donors (Lipinski definition) is 1. The topological polar surface area (TPSA) is 84.0 Å². The van der Waals surface area contributed by atoms with E-state index in [1.54, 1.807) is 23.6 Å². The van der Waals surface area contributed by atoms with Gasteiger partial charge < -0.3 is 14.8 Å². The number of thiazole rings is 1. The van der Waals surface area contributed by atoms with Crippen molar-refractivity contribution in [2.75, 3.05) is 43.5 Å². The predicted molar refractivity (Wildman–Crippen MR) is 155 cm³/mol. The van der Waals surface area contributed by atoms with E-state index < -0.39 is 20.7 Å². The average molecular weight is 607 g/mol. The maximum atomic E-state index is 15.6. The molecule has 1 atom stereocenters. The van der Waals surface area contributed by atoms with Gasteiger partial charge in [-0.2, -0.15) is 0 Å². The lowest BCUT2D eigenvalue weighted by Crippen LogP contribution is -2.44. The number of halogens is 2. The lowest BCUT2D eigenvalue weighted by molar-refractivity contribution is 0.209. The summed E-state index contributed by atoms with van der Waals surface area (Å²) >= 11 is 7.74. The molecule has 8 nitrogen and oxygen atoms in total. The molecular weight excluding hydrogens is 575 g/mol. The Morgan fingerprint density at radius 3 is 2.73 bits per heavy atom. The summed E-state index contributed by atoms with van der Waals surface area (Å²) in [5.74, 6) is 0.130. The Labute approximate surface area is 243 Å². The van der Waals surface area contributed by atoms with Crippen LogP contribution in [0.1, 0.15) is 37.7 Å². The number of anilines is 2. The molecule has 0 amide bonds. The number of nitrogens with one attached hydrogen (secondary N) is 1. The molecule has 1 aromatic heterocycles. The fourth-order valence-corrected chi connectivity index (χ4v) is 8.98. The van der Waals surface area contributed by atoms with Crippen LogP contribution in [0.15, 0.2) is 46.8 Å². The summed E-state index contributed by atoms with van der Waals surface area (Å²) in [4.78, 5) is 6.28. The van der Waals surface area contributed by atoms with E-state index in [0.29, 0.717) is 34.7 Å². The second-order valence-corrected chi connectivity index (χ2v) is 14.2. The first-order valence-corrected chi connectivity index (χ1v) is 16.0. The van der Waals surface area contributed by atoms with Crippen molar-refractivity contribution in [3.8, 4) is 11.5 Å². The van der Waals surface area contributed by atoms with E-state index in [1.807, 2.05) is 0 Å². The predicted octanol–water partition coefficient (Wildman–Crippen LogP) is 5.78. The lowest BCUT2D eigenvalue weighted by Gasteiger charge is -2.33. The van der Waals surface area contributed by atoms with Crippen LogP contribution in [0.25, 0.3) is 0 Å². The van der Waals surface area contributed by atoms with E-state index in [-0.39, 0.29) is 22.2 Å². The Hall–Kier alpha value is -2.60. The Kier molecular flexibility index (Phi) is 7.13. The second-order valence-electron chi connectivity index (χ2n) is 11.0. The van der Waals surface area contributed by atoms with Crippen molar-refractivity contribution in [2.24, 2.45) is 5.41 Å². The summed E-state index contributed by atoms with van der Waals surface area (Å²) in [5, 5.41) is 5.38. The zero-order chi connectivity index (χ0) is 28.1. The third-order valence-corrected chi connectivity index (χ3v) is 11.5. The first kappa shape index (κ1) is 27.6. The summed E-state index contributed by atoms with van der Waals surface area (Å²) in [6.07, 6.45) is 7.48. The van der Waals surface area contributed by atoms with Crippen LogP contribution >= 0.6 is 22.9 Å². The van der Waals surface area contributed by atoms with E-state index in [2.05, 4.69) is 15.2 Å². The van der Waals surface area contributed by atoms with Crippen molar-refractivity contribution in [1.82, 2.24) is 9.88 Å². The van der Waals surface area contributed by atoms with Gasteiger partial charge in [-0.3, -0.25) is 4.90 Å². The molecule has 6 rings (SSSR count). The van der Waals surface area contributed by atoms with Gasteiger partial charge >= 0.3 is 0 Å². The van der Waals surface area contributed by atoms with Crippen molar-refractivity contribution >= 4 is 43.8 Å². The van der Waals surface area contributed by atoms with Gasteiger partial charge in [0.05, 0.1) is 31.5 Å². The number of fused-ring (bicyclic) bond motifs is 1. The molecule has 3 fully saturated rings. The molecule has 2 saturated heterocycles. The minimum absolute atomic E-state index is 0.0557. The summed E-state index contributed by atoms with van der Waals surface area (Å²) in [6.45, 7) is 2.76. The van der Waals surface area contributed by atoms with Crippen LogP contribution in [0.5, 0.6) is 11.5 Å². The number of nitrogens with zero attached hydrogens (tertiary/aromatic N) is 3. The van der Waals surface area contributed by atoms with Gasteiger partial charge in [-0.05, 0) is 68.3 Å². The molecule has 40 heavy (non-hydrogen) atoms. The highest BCUT2D eigenvalue weighted by atomic mass is 35.5. The van der Waals surface area contributed by atoms with Crippen LogP contribution < -0.4 is 19.1 Å². The van der Waals surface area contributed by atoms with Gasteiger partial charge in [0, 0.05) is 41.8 Å². The molecule has 1 N–H and O–H groups in total. The highest BCUT2D eigenvalue weighted by Crippen LogP contribution is 2.60. The van der Waals surface area contributed by atoms with Crippen LogP contribution in [0.4, 0.5) is 15.2 Å². The smallest absolute Gasteiger partial charge is 0.269 e. The van der Waals surface area contributed by atoms with E-state index in [0.717, 1.165) is 48.0 Å². The molecule has 3 heterocycles. The van der Waals surface area contributed by atoms with E-state index in [4.69, 9.17) is 21.1 Å². The number of rotatable bonds is 10.